The highest BCUT2D eigenvalue weighted by atomic mass is 16.2. The smallest absolute Gasteiger partial charge is 0.255 e. The summed E-state index contributed by atoms with van der Waals surface area (Å²) in [7, 11) is 0. The van der Waals surface area contributed by atoms with Gasteiger partial charge >= 0.3 is 0 Å². The van der Waals surface area contributed by atoms with Crippen molar-refractivity contribution >= 4 is 29.1 Å². The highest BCUT2D eigenvalue weighted by Gasteiger charge is 2.13. The van der Waals surface area contributed by atoms with Crippen molar-refractivity contribution in [2.45, 2.75) is 83.1 Å². The number of nitrogens with one attached hydrogen (secondary N) is 5. The molecule has 4 aromatic carbocycles. The second kappa shape index (κ2) is 25.1. The molecular weight excluding hydrogens is 673 g/mol. The van der Waals surface area contributed by atoms with E-state index in [2.05, 4.69) is 87.2 Å². The number of rotatable bonds is 26. The summed E-state index contributed by atoms with van der Waals surface area (Å²) in [6.45, 7) is 5.05. The summed E-state index contributed by atoms with van der Waals surface area (Å²) in [5.41, 5.74) is 11.2. The molecule has 9 heteroatoms. The lowest BCUT2D eigenvalue weighted by Gasteiger charge is -2.18. The third-order valence-corrected chi connectivity index (χ3v) is 9.55. The van der Waals surface area contributed by atoms with Gasteiger partial charge in [0.2, 0.25) is 11.8 Å². The fourth-order valence-electron chi connectivity index (χ4n) is 6.39. The molecule has 0 fully saturated rings. The molecule has 0 atom stereocenters. The van der Waals surface area contributed by atoms with Crippen LogP contribution in [0, 0.1) is 0 Å². The van der Waals surface area contributed by atoms with E-state index in [0.29, 0.717) is 48.8 Å². The van der Waals surface area contributed by atoms with E-state index in [-0.39, 0.29) is 17.7 Å². The van der Waals surface area contributed by atoms with Crippen LogP contribution in [0.5, 0.6) is 0 Å². The Hall–Kier alpha value is -4.99. The Morgan fingerprint density at radius 1 is 0.519 bits per heavy atom. The number of nitrogens with two attached hydrogens (primary N) is 1. The van der Waals surface area contributed by atoms with Gasteiger partial charge in [0.25, 0.3) is 5.91 Å². The number of anilines is 2. The molecule has 0 bridgehead atoms. The van der Waals surface area contributed by atoms with E-state index in [1.54, 1.807) is 24.3 Å². The Morgan fingerprint density at radius 3 is 1.69 bits per heavy atom. The van der Waals surface area contributed by atoms with E-state index in [9.17, 15) is 14.4 Å². The van der Waals surface area contributed by atoms with Gasteiger partial charge in [0.1, 0.15) is 0 Å². The Balaban J connectivity index is 0.904. The number of nitrogen functional groups attached to an aromatic ring is 1. The Kier molecular flexibility index (Phi) is 19.4. The number of amides is 3. The zero-order valence-corrected chi connectivity index (χ0v) is 31.8. The van der Waals surface area contributed by atoms with Crippen molar-refractivity contribution in [1.82, 2.24) is 21.3 Å². The zero-order chi connectivity index (χ0) is 38.1. The summed E-state index contributed by atoms with van der Waals surface area (Å²) < 4.78 is 0. The van der Waals surface area contributed by atoms with Crippen LogP contribution < -0.4 is 32.3 Å². The van der Waals surface area contributed by atoms with Crippen LogP contribution >= 0.6 is 0 Å². The lowest BCUT2D eigenvalue weighted by molar-refractivity contribution is -0.122. The number of carbonyl (C=O) groups is 3. The zero-order valence-electron chi connectivity index (χ0n) is 31.8. The maximum Gasteiger partial charge on any atom is 0.255 e. The number of unbranched alkanes of at least 4 members (excludes halogenated alkanes) is 5. The van der Waals surface area contributed by atoms with Gasteiger partial charge in [-0.15, -0.1) is 0 Å². The summed E-state index contributed by atoms with van der Waals surface area (Å²) in [4.78, 5) is 37.0. The van der Waals surface area contributed by atoms with Crippen LogP contribution in [0.1, 0.15) is 104 Å². The van der Waals surface area contributed by atoms with Crippen molar-refractivity contribution in [2.24, 2.45) is 0 Å². The molecule has 0 radical (unpaired) electrons. The lowest BCUT2D eigenvalue weighted by atomic mass is 9.88. The second-order valence-electron chi connectivity index (χ2n) is 13.9. The molecule has 0 saturated carbocycles. The molecule has 0 spiro atoms. The average Bonchev–Trinajstić information content (AvgIpc) is 3.20. The third-order valence-electron chi connectivity index (χ3n) is 9.55. The fourth-order valence-corrected chi connectivity index (χ4v) is 6.39. The van der Waals surface area contributed by atoms with E-state index in [0.717, 1.165) is 89.5 Å². The first-order valence-electron chi connectivity index (χ1n) is 19.8. The van der Waals surface area contributed by atoms with Gasteiger partial charge in [-0.25, -0.2) is 0 Å². The van der Waals surface area contributed by atoms with Crippen molar-refractivity contribution in [2.75, 3.05) is 43.8 Å². The molecular formula is C45H60N6O3. The van der Waals surface area contributed by atoms with Gasteiger partial charge < -0.3 is 32.3 Å². The van der Waals surface area contributed by atoms with E-state index in [1.807, 2.05) is 24.3 Å². The number of hydrogen-bond acceptors (Lipinski definition) is 6. The Bertz CT molecular complexity index is 1610. The molecule has 7 N–H and O–H groups in total. The van der Waals surface area contributed by atoms with E-state index >= 15 is 0 Å². The molecule has 0 aromatic heterocycles. The van der Waals surface area contributed by atoms with Gasteiger partial charge in [0.15, 0.2) is 0 Å². The molecule has 0 saturated heterocycles. The molecule has 288 valence electrons. The minimum atomic E-state index is -0.235. The van der Waals surface area contributed by atoms with Gasteiger partial charge in [0, 0.05) is 37.4 Å². The number of hydrogen-bond donors (Lipinski definition) is 6. The topological polar surface area (TPSA) is 137 Å². The first-order valence-corrected chi connectivity index (χ1v) is 19.8. The number of benzene rings is 4. The van der Waals surface area contributed by atoms with E-state index in [4.69, 9.17) is 5.73 Å². The molecule has 9 nitrogen and oxygen atoms in total. The predicted molar refractivity (Wildman–Crippen MR) is 221 cm³/mol. The molecule has 3 amide bonds. The highest BCUT2D eigenvalue weighted by Crippen LogP contribution is 2.27. The van der Waals surface area contributed by atoms with Crippen molar-refractivity contribution < 1.29 is 14.4 Å². The van der Waals surface area contributed by atoms with Crippen molar-refractivity contribution in [3.63, 3.8) is 0 Å². The third kappa shape index (κ3) is 16.4. The first-order chi connectivity index (χ1) is 26.5. The molecule has 4 aromatic rings. The quantitative estimate of drug-likeness (QED) is 0.0291. The van der Waals surface area contributed by atoms with E-state index < -0.39 is 0 Å². The van der Waals surface area contributed by atoms with Crippen molar-refractivity contribution in [1.29, 1.82) is 0 Å². The summed E-state index contributed by atoms with van der Waals surface area (Å²) in [5.74, 6) is 0.317. The predicted octanol–water partition coefficient (Wildman–Crippen LogP) is 7.56. The molecule has 0 aliphatic heterocycles. The van der Waals surface area contributed by atoms with Crippen LogP contribution in [0.3, 0.4) is 0 Å². The fraction of sp³-hybridized carbons (Fsp3) is 0.400. The standard InChI is InChI=1S/C45H60N6O3/c46-41-21-12-13-22-42(41)51-45(54)39-27-25-36(26-28-39)35-50-44(53)24-11-3-1-2-10-23-43(52)49-33-16-32-47-30-14-15-31-48-34-29-40(37-17-6-4-7-18-37)38-19-8-5-9-20-38/h4-9,12-13,17-22,25-28,40,47-48H,1-3,10-11,14-16,23-24,29-35,46H2,(H,49,52)(H,50,53)(H,51,54). The van der Waals surface area contributed by atoms with Crippen LogP contribution in [0.4, 0.5) is 11.4 Å². The van der Waals surface area contributed by atoms with Gasteiger partial charge in [0.05, 0.1) is 11.4 Å². The second-order valence-corrected chi connectivity index (χ2v) is 13.9. The Morgan fingerprint density at radius 2 is 1.06 bits per heavy atom. The van der Waals surface area contributed by atoms with Gasteiger partial charge in [-0.3, -0.25) is 14.4 Å². The van der Waals surface area contributed by atoms with Crippen LogP contribution in [0.2, 0.25) is 0 Å². The van der Waals surface area contributed by atoms with Gasteiger partial charge in [-0.1, -0.05) is 104 Å². The minimum absolute atomic E-state index is 0.0184. The molecule has 0 aliphatic carbocycles. The normalized spacial score (nSPS) is 11.0. The maximum atomic E-state index is 12.5. The molecule has 54 heavy (non-hydrogen) atoms. The SMILES string of the molecule is Nc1ccccc1NC(=O)c1ccc(CNC(=O)CCCCCCCC(=O)NCCCNCCCCNCCC(c2ccccc2)c2ccccc2)cc1. The summed E-state index contributed by atoms with van der Waals surface area (Å²) in [6, 6.07) is 35.9. The first kappa shape index (κ1) is 41.8. The van der Waals surface area contributed by atoms with Crippen LogP contribution in [0.25, 0.3) is 0 Å². The van der Waals surface area contributed by atoms with Gasteiger partial charge in [-0.05, 0) is 106 Å². The summed E-state index contributed by atoms with van der Waals surface area (Å²) >= 11 is 0. The van der Waals surface area contributed by atoms with Crippen molar-refractivity contribution in [3.8, 4) is 0 Å². The lowest BCUT2D eigenvalue weighted by Crippen LogP contribution is -2.27. The van der Waals surface area contributed by atoms with Crippen LogP contribution in [0.15, 0.2) is 109 Å². The monoisotopic (exact) mass is 732 g/mol. The minimum Gasteiger partial charge on any atom is -0.397 e. The van der Waals surface area contributed by atoms with Gasteiger partial charge in [-0.2, -0.15) is 0 Å². The number of para-hydroxylation sites is 2. The van der Waals surface area contributed by atoms with E-state index in [1.165, 1.54) is 11.1 Å². The molecule has 4 rings (SSSR count). The van der Waals surface area contributed by atoms with Crippen LogP contribution in [-0.4, -0.2) is 50.4 Å². The summed E-state index contributed by atoms with van der Waals surface area (Å²) in [5, 5.41) is 15.9. The van der Waals surface area contributed by atoms with Crippen molar-refractivity contribution in [3.05, 3.63) is 131 Å². The summed E-state index contributed by atoms with van der Waals surface area (Å²) in [6.07, 6.45) is 9.99. The molecule has 0 aliphatic rings. The van der Waals surface area contributed by atoms with Crippen LogP contribution in [-0.2, 0) is 16.1 Å². The largest absolute Gasteiger partial charge is 0.397 e. The highest BCUT2D eigenvalue weighted by molar-refractivity contribution is 6.05. The molecule has 0 unspecified atom stereocenters. The number of carbonyl (C=O) groups excluding carboxylic acids is 3. The Labute approximate surface area is 322 Å². The average molecular weight is 733 g/mol. The maximum absolute atomic E-state index is 12.5. The molecule has 0 heterocycles.